The lowest BCUT2D eigenvalue weighted by Crippen LogP contribution is -2.49. The summed E-state index contributed by atoms with van der Waals surface area (Å²) in [6.45, 7) is 0.885. The lowest BCUT2D eigenvalue weighted by molar-refractivity contribution is -0.160. The van der Waals surface area contributed by atoms with Crippen LogP contribution in [0.4, 0.5) is 19.0 Å². The van der Waals surface area contributed by atoms with Crippen molar-refractivity contribution < 1.29 is 32.3 Å². The minimum atomic E-state index is -2.76. The molecule has 42 heavy (non-hydrogen) atoms. The number of nitrogen functional groups attached to an aromatic ring is 1. The van der Waals surface area contributed by atoms with E-state index in [1.807, 2.05) is 0 Å². The molecule has 0 atom stereocenters. The van der Waals surface area contributed by atoms with Gasteiger partial charge in [-0.25, -0.2) is 17.9 Å². The van der Waals surface area contributed by atoms with Gasteiger partial charge < -0.3 is 26.4 Å². The molecule has 0 radical (unpaired) electrons. The van der Waals surface area contributed by atoms with Gasteiger partial charge >= 0.3 is 0 Å². The van der Waals surface area contributed by atoms with Crippen molar-refractivity contribution in [1.82, 2.24) is 20.0 Å². The Morgan fingerprint density at radius 1 is 1.10 bits per heavy atom. The number of nitrogens with two attached hydrogens (primary N) is 2. The molecule has 2 heterocycles. The Morgan fingerprint density at radius 2 is 1.76 bits per heavy atom. The Morgan fingerprint density at radius 3 is 2.36 bits per heavy atom. The molecule has 1 saturated heterocycles. The number of piperidine rings is 1. The summed E-state index contributed by atoms with van der Waals surface area (Å²) in [5.41, 5.74) is 13.7. The molecule has 1 aliphatic heterocycles. The molecule has 3 amide bonds. The van der Waals surface area contributed by atoms with Crippen LogP contribution >= 0.6 is 0 Å². The van der Waals surface area contributed by atoms with E-state index in [1.54, 1.807) is 33.8 Å². The molecule has 0 spiro atoms. The van der Waals surface area contributed by atoms with Crippen molar-refractivity contribution in [2.75, 3.05) is 25.9 Å². The molecule has 0 bridgehead atoms. The van der Waals surface area contributed by atoms with Gasteiger partial charge in [0.2, 0.25) is 11.8 Å². The highest BCUT2D eigenvalue weighted by Gasteiger charge is 2.50. The fourth-order valence-electron chi connectivity index (χ4n) is 5.51. The third kappa shape index (κ3) is 5.76. The summed E-state index contributed by atoms with van der Waals surface area (Å²) >= 11 is 0. The van der Waals surface area contributed by atoms with Gasteiger partial charge in [0.1, 0.15) is 28.6 Å². The number of methoxy groups -OCH3 is 1. The average molecular weight is 585 g/mol. The summed E-state index contributed by atoms with van der Waals surface area (Å²) in [6.07, 6.45) is 0.173. The molecular formula is C29H31F3N6O4. The summed E-state index contributed by atoms with van der Waals surface area (Å²) in [7, 11) is 1.39. The number of amides is 3. The maximum Gasteiger partial charge on any atom is 0.255 e. The Hall–Kier alpha value is -4.55. The van der Waals surface area contributed by atoms with Crippen LogP contribution in [0, 0.1) is 11.7 Å². The molecule has 1 aliphatic carbocycles. The standard InChI is InChI=1S/C29H31F3N6O4/c1-42-22-7-6-19(30)12-21(22)27(40)35-15-16-2-4-17(5-3-16)24-23(26(34)39)25(33)38(36-24)20-8-10-37(11-9-20)28(41)18-13-29(31,32)14-18/h2-7,12,18,20H,8-11,13-15,33H2,1H3,(H2,34,39)(H,35,40). The number of anilines is 1. The van der Waals surface area contributed by atoms with Crippen LogP contribution < -0.4 is 21.5 Å². The highest BCUT2D eigenvalue weighted by molar-refractivity contribution is 6.03. The van der Waals surface area contributed by atoms with E-state index in [1.165, 1.54) is 19.2 Å². The first-order chi connectivity index (χ1) is 20.0. The first kappa shape index (κ1) is 29.0. The van der Waals surface area contributed by atoms with Gasteiger partial charge in [-0.2, -0.15) is 5.10 Å². The largest absolute Gasteiger partial charge is 0.496 e. The van der Waals surface area contributed by atoms with Gasteiger partial charge in [0.05, 0.1) is 18.7 Å². The summed E-state index contributed by atoms with van der Waals surface area (Å²) < 4.78 is 46.8. The van der Waals surface area contributed by atoms with E-state index in [9.17, 15) is 27.6 Å². The Bertz CT molecular complexity index is 1510. The topological polar surface area (TPSA) is 146 Å². The molecule has 1 aromatic heterocycles. The Balaban J connectivity index is 1.26. The number of halogens is 3. The summed E-state index contributed by atoms with van der Waals surface area (Å²) in [5, 5.41) is 7.34. The number of carbonyl (C=O) groups is 3. The second kappa shape index (κ2) is 11.4. The molecule has 1 saturated carbocycles. The summed E-state index contributed by atoms with van der Waals surface area (Å²) in [6, 6.07) is 10.4. The number of hydrogen-bond donors (Lipinski definition) is 3. The average Bonchev–Trinajstić information content (AvgIpc) is 3.31. The van der Waals surface area contributed by atoms with Crippen LogP contribution in [0.25, 0.3) is 11.3 Å². The van der Waals surface area contributed by atoms with E-state index < -0.39 is 42.3 Å². The van der Waals surface area contributed by atoms with Crippen molar-refractivity contribution in [1.29, 1.82) is 0 Å². The molecule has 3 aromatic rings. The van der Waals surface area contributed by atoms with Gasteiger partial charge in [0, 0.05) is 44.0 Å². The van der Waals surface area contributed by atoms with Crippen molar-refractivity contribution in [3.63, 3.8) is 0 Å². The van der Waals surface area contributed by atoms with Gasteiger partial charge in [-0.1, -0.05) is 24.3 Å². The minimum Gasteiger partial charge on any atom is -0.496 e. The number of rotatable bonds is 8. The van der Waals surface area contributed by atoms with E-state index in [0.717, 1.165) is 11.6 Å². The number of primary amides is 1. The van der Waals surface area contributed by atoms with Gasteiger partial charge in [0.25, 0.3) is 11.8 Å². The van der Waals surface area contributed by atoms with Gasteiger partial charge in [-0.05, 0) is 36.6 Å². The van der Waals surface area contributed by atoms with Crippen molar-refractivity contribution in [3.8, 4) is 17.0 Å². The van der Waals surface area contributed by atoms with E-state index in [0.29, 0.717) is 37.2 Å². The quantitative estimate of drug-likeness (QED) is 0.370. The summed E-state index contributed by atoms with van der Waals surface area (Å²) in [5.74, 6) is -5.10. The zero-order chi connectivity index (χ0) is 30.2. The maximum atomic E-state index is 13.6. The zero-order valence-corrected chi connectivity index (χ0v) is 22.9. The van der Waals surface area contributed by atoms with E-state index in [4.69, 9.17) is 16.2 Å². The monoisotopic (exact) mass is 584 g/mol. The maximum absolute atomic E-state index is 13.6. The Kier molecular flexibility index (Phi) is 7.85. The minimum absolute atomic E-state index is 0.0704. The van der Waals surface area contributed by atoms with Crippen molar-refractivity contribution in [3.05, 3.63) is 65.0 Å². The first-order valence-electron chi connectivity index (χ1n) is 13.5. The number of alkyl halides is 2. The molecule has 0 unspecified atom stereocenters. The number of ether oxygens (including phenoxy) is 1. The van der Waals surface area contributed by atoms with Crippen molar-refractivity contribution >= 4 is 23.5 Å². The third-order valence-corrected chi connectivity index (χ3v) is 7.84. The molecule has 2 fully saturated rings. The second-order valence-corrected chi connectivity index (χ2v) is 10.7. The summed E-state index contributed by atoms with van der Waals surface area (Å²) in [4.78, 5) is 39.1. The molecule has 2 aliphatic rings. The van der Waals surface area contributed by atoms with Gasteiger partial charge in [-0.3, -0.25) is 14.4 Å². The molecule has 2 aromatic carbocycles. The second-order valence-electron chi connectivity index (χ2n) is 10.7. The van der Waals surface area contributed by atoms with E-state index in [2.05, 4.69) is 10.4 Å². The van der Waals surface area contributed by atoms with Crippen LogP contribution in [-0.4, -0.2) is 58.5 Å². The van der Waals surface area contributed by atoms with Crippen LogP contribution in [0.5, 0.6) is 5.75 Å². The first-order valence-corrected chi connectivity index (χ1v) is 13.5. The Labute approximate surface area is 239 Å². The molecule has 5 rings (SSSR count). The van der Waals surface area contributed by atoms with Crippen LogP contribution in [-0.2, 0) is 11.3 Å². The normalized spacial score (nSPS) is 17.0. The number of likely N-dealkylation sites (tertiary alicyclic amines) is 1. The SMILES string of the molecule is COc1ccc(F)cc1C(=O)NCc1ccc(-c2nn(C3CCN(C(=O)C4CC(F)(F)C4)CC3)c(N)c2C(N)=O)cc1. The third-order valence-electron chi connectivity index (χ3n) is 7.84. The smallest absolute Gasteiger partial charge is 0.255 e. The highest BCUT2D eigenvalue weighted by atomic mass is 19.3. The lowest BCUT2D eigenvalue weighted by atomic mass is 9.80. The van der Waals surface area contributed by atoms with Crippen molar-refractivity contribution in [2.45, 2.75) is 44.2 Å². The molecule has 5 N–H and O–H groups in total. The van der Waals surface area contributed by atoms with Gasteiger partial charge in [-0.15, -0.1) is 0 Å². The van der Waals surface area contributed by atoms with Crippen LogP contribution in [0.15, 0.2) is 42.5 Å². The van der Waals surface area contributed by atoms with E-state index >= 15 is 0 Å². The fourth-order valence-corrected chi connectivity index (χ4v) is 5.51. The van der Waals surface area contributed by atoms with E-state index in [-0.39, 0.29) is 41.2 Å². The predicted molar refractivity (Wildman–Crippen MR) is 147 cm³/mol. The number of nitrogens with one attached hydrogen (secondary N) is 1. The molecule has 13 heteroatoms. The number of hydrogen-bond acceptors (Lipinski definition) is 6. The lowest BCUT2D eigenvalue weighted by Gasteiger charge is -2.39. The van der Waals surface area contributed by atoms with Crippen LogP contribution in [0.1, 0.15) is 58.0 Å². The fraction of sp³-hybridized carbons (Fsp3) is 0.379. The number of nitrogens with zero attached hydrogens (tertiary/aromatic N) is 3. The molecular weight excluding hydrogens is 553 g/mol. The van der Waals surface area contributed by atoms with Crippen molar-refractivity contribution in [2.24, 2.45) is 11.7 Å². The number of carbonyl (C=O) groups excluding carboxylic acids is 3. The highest BCUT2D eigenvalue weighted by Crippen LogP contribution is 2.43. The van der Waals surface area contributed by atoms with Crippen LogP contribution in [0.2, 0.25) is 0 Å². The molecule has 10 nitrogen and oxygen atoms in total. The predicted octanol–water partition coefficient (Wildman–Crippen LogP) is 3.52. The number of benzene rings is 2. The van der Waals surface area contributed by atoms with Gasteiger partial charge in [0.15, 0.2) is 0 Å². The number of aromatic nitrogens is 2. The van der Waals surface area contributed by atoms with Crippen LogP contribution in [0.3, 0.4) is 0 Å². The zero-order valence-electron chi connectivity index (χ0n) is 22.9. The molecule has 222 valence electrons.